The predicted molar refractivity (Wildman–Crippen MR) is 87.2 cm³/mol. The number of rotatable bonds is 6. The largest absolute Gasteiger partial charge is 0.353 e. The third kappa shape index (κ3) is 4.01. The molecule has 1 N–H and O–H groups in total. The second-order valence-corrected chi connectivity index (χ2v) is 5.93. The number of benzene rings is 2. The van der Waals surface area contributed by atoms with E-state index in [0.29, 0.717) is 11.8 Å². The average Bonchev–Trinajstić information content (AvgIpc) is 2.50. The summed E-state index contributed by atoms with van der Waals surface area (Å²) >= 11 is 1.59. The molecule has 0 unspecified atom stereocenters. The average molecular weight is 287 g/mol. The summed E-state index contributed by atoms with van der Waals surface area (Å²) in [5.74, 6) is 0.603. The number of fused-ring (bicyclic) bond motifs is 1. The van der Waals surface area contributed by atoms with Crippen molar-refractivity contribution in [3.8, 4) is 0 Å². The number of hydrogen-bond donors (Lipinski definition) is 1. The van der Waals surface area contributed by atoms with E-state index in [-0.39, 0.29) is 5.91 Å². The third-order valence-electron chi connectivity index (χ3n) is 3.44. The zero-order valence-corrected chi connectivity index (χ0v) is 12.9. The van der Waals surface area contributed by atoms with Crippen molar-refractivity contribution in [2.45, 2.75) is 37.6 Å². The van der Waals surface area contributed by atoms with E-state index in [1.807, 2.05) is 12.1 Å². The molecular weight excluding hydrogens is 266 g/mol. The number of carbonyl (C=O) groups is 1. The van der Waals surface area contributed by atoms with Gasteiger partial charge in [-0.3, -0.25) is 4.79 Å². The first-order valence-corrected chi connectivity index (χ1v) is 8.12. The van der Waals surface area contributed by atoms with E-state index < -0.39 is 0 Å². The van der Waals surface area contributed by atoms with Gasteiger partial charge in [-0.2, -0.15) is 0 Å². The van der Waals surface area contributed by atoms with Gasteiger partial charge in [0.05, 0.1) is 5.75 Å². The van der Waals surface area contributed by atoms with E-state index in [2.05, 4.69) is 49.5 Å². The van der Waals surface area contributed by atoms with Crippen LogP contribution in [0.3, 0.4) is 0 Å². The van der Waals surface area contributed by atoms with Gasteiger partial charge in [0, 0.05) is 10.9 Å². The Labute approximate surface area is 125 Å². The quantitative estimate of drug-likeness (QED) is 0.805. The Morgan fingerprint density at radius 1 is 1.10 bits per heavy atom. The van der Waals surface area contributed by atoms with Gasteiger partial charge in [-0.15, -0.1) is 11.8 Å². The molecule has 0 aliphatic carbocycles. The number of amides is 1. The van der Waals surface area contributed by atoms with Crippen LogP contribution in [0.15, 0.2) is 47.4 Å². The lowest BCUT2D eigenvalue weighted by Crippen LogP contribution is -2.34. The Bertz CT molecular complexity index is 578. The second-order valence-electron chi connectivity index (χ2n) is 4.88. The molecule has 0 aliphatic heterocycles. The zero-order valence-electron chi connectivity index (χ0n) is 12.1. The Balaban J connectivity index is 1.93. The first-order chi connectivity index (χ1) is 9.72. The number of carbonyl (C=O) groups excluding carboxylic acids is 1. The molecule has 0 atom stereocenters. The molecular formula is C17H21NOS. The maximum atomic E-state index is 11.9. The van der Waals surface area contributed by atoms with Gasteiger partial charge >= 0.3 is 0 Å². The van der Waals surface area contributed by atoms with Crippen LogP contribution in [0.2, 0.25) is 0 Å². The molecule has 2 rings (SSSR count). The van der Waals surface area contributed by atoms with Crippen molar-refractivity contribution in [2.24, 2.45) is 0 Å². The molecule has 0 bridgehead atoms. The molecule has 2 aromatic carbocycles. The molecule has 106 valence electrons. The molecule has 0 fully saturated rings. The molecule has 0 aliphatic rings. The Hall–Kier alpha value is -1.48. The summed E-state index contributed by atoms with van der Waals surface area (Å²) < 4.78 is 0. The van der Waals surface area contributed by atoms with Crippen molar-refractivity contribution in [3.63, 3.8) is 0 Å². The van der Waals surface area contributed by atoms with Crippen molar-refractivity contribution in [1.29, 1.82) is 0 Å². The highest BCUT2D eigenvalue weighted by Crippen LogP contribution is 2.23. The van der Waals surface area contributed by atoms with Gasteiger partial charge < -0.3 is 5.32 Å². The molecule has 0 saturated carbocycles. The van der Waals surface area contributed by atoms with Gasteiger partial charge in [0.2, 0.25) is 5.91 Å². The van der Waals surface area contributed by atoms with Crippen LogP contribution in [0.4, 0.5) is 0 Å². The van der Waals surface area contributed by atoms with Gasteiger partial charge in [-0.1, -0.05) is 44.2 Å². The van der Waals surface area contributed by atoms with Gasteiger partial charge in [-0.05, 0) is 35.7 Å². The first-order valence-electron chi connectivity index (χ1n) is 7.14. The highest BCUT2D eigenvalue weighted by atomic mass is 32.2. The maximum Gasteiger partial charge on any atom is 0.230 e. The van der Waals surface area contributed by atoms with Crippen LogP contribution < -0.4 is 5.32 Å². The number of nitrogens with one attached hydrogen (secondary N) is 1. The van der Waals surface area contributed by atoms with Crippen LogP contribution in [0.5, 0.6) is 0 Å². The van der Waals surface area contributed by atoms with E-state index in [0.717, 1.165) is 17.7 Å². The number of hydrogen-bond acceptors (Lipinski definition) is 2. The van der Waals surface area contributed by atoms with Crippen LogP contribution in [-0.2, 0) is 4.79 Å². The van der Waals surface area contributed by atoms with Crippen molar-refractivity contribution < 1.29 is 4.79 Å². The second kappa shape index (κ2) is 7.34. The molecule has 2 aromatic rings. The third-order valence-corrected chi connectivity index (χ3v) is 4.44. The summed E-state index contributed by atoms with van der Waals surface area (Å²) in [6.45, 7) is 4.20. The SMILES string of the molecule is CCC(CC)NC(=O)CSc1ccc2ccccc2c1. The van der Waals surface area contributed by atoms with E-state index in [9.17, 15) is 4.79 Å². The fraction of sp³-hybridized carbons (Fsp3) is 0.353. The zero-order chi connectivity index (χ0) is 14.4. The fourth-order valence-electron chi connectivity index (χ4n) is 2.17. The van der Waals surface area contributed by atoms with Gasteiger partial charge in [0.15, 0.2) is 0 Å². The number of thioether (sulfide) groups is 1. The van der Waals surface area contributed by atoms with E-state index in [1.165, 1.54) is 10.8 Å². The lowest BCUT2D eigenvalue weighted by molar-refractivity contribution is -0.119. The predicted octanol–water partition coefficient (Wildman–Crippen LogP) is 4.24. The van der Waals surface area contributed by atoms with Crippen LogP contribution in [-0.4, -0.2) is 17.7 Å². The van der Waals surface area contributed by atoms with Gasteiger partial charge in [-0.25, -0.2) is 0 Å². The molecule has 1 amide bonds. The van der Waals surface area contributed by atoms with Crippen molar-refractivity contribution in [3.05, 3.63) is 42.5 Å². The Kier molecular flexibility index (Phi) is 5.48. The molecule has 0 heterocycles. The molecule has 2 nitrogen and oxygen atoms in total. The van der Waals surface area contributed by atoms with Crippen molar-refractivity contribution >= 4 is 28.4 Å². The van der Waals surface area contributed by atoms with Crippen LogP contribution in [0.25, 0.3) is 10.8 Å². The smallest absolute Gasteiger partial charge is 0.230 e. The molecule has 0 radical (unpaired) electrons. The van der Waals surface area contributed by atoms with Crippen molar-refractivity contribution in [2.75, 3.05) is 5.75 Å². The summed E-state index contributed by atoms with van der Waals surface area (Å²) in [6, 6.07) is 14.9. The van der Waals surface area contributed by atoms with Gasteiger partial charge in [0.1, 0.15) is 0 Å². The minimum atomic E-state index is 0.122. The summed E-state index contributed by atoms with van der Waals surface area (Å²) in [7, 11) is 0. The monoisotopic (exact) mass is 287 g/mol. The minimum Gasteiger partial charge on any atom is -0.353 e. The normalized spacial score (nSPS) is 10.9. The van der Waals surface area contributed by atoms with Crippen molar-refractivity contribution in [1.82, 2.24) is 5.32 Å². The molecule has 3 heteroatoms. The lowest BCUT2D eigenvalue weighted by atomic mass is 10.1. The Morgan fingerprint density at radius 3 is 2.50 bits per heavy atom. The molecule has 0 aromatic heterocycles. The summed E-state index contributed by atoms with van der Waals surface area (Å²) in [6.07, 6.45) is 1.98. The van der Waals surface area contributed by atoms with E-state index in [1.54, 1.807) is 11.8 Å². The topological polar surface area (TPSA) is 29.1 Å². The molecule has 0 saturated heterocycles. The minimum absolute atomic E-state index is 0.122. The van der Waals surface area contributed by atoms with Gasteiger partial charge in [0.25, 0.3) is 0 Å². The van der Waals surface area contributed by atoms with Crippen LogP contribution >= 0.6 is 11.8 Å². The molecule has 20 heavy (non-hydrogen) atoms. The highest BCUT2D eigenvalue weighted by molar-refractivity contribution is 8.00. The highest BCUT2D eigenvalue weighted by Gasteiger charge is 2.08. The summed E-state index contributed by atoms with van der Waals surface area (Å²) in [5.41, 5.74) is 0. The van der Waals surface area contributed by atoms with Crippen LogP contribution in [0.1, 0.15) is 26.7 Å². The molecule has 0 spiro atoms. The fourth-order valence-corrected chi connectivity index (χ4v) is 2.92. The van der Waals surface area contributed by atoms with Crippen LogP contribution in [0, 0.1) is 0 Å². The first kappa shape index (κ1) is 14.9. The van der Waals surface area contributed by atoms with E-state index >= 15 is 0 Å². The standard InChI is InChI=1S/C17H21NOS/c1-3-15(4-2)18-17(19)12-20-16-10-9-13-7-5-6-8-14(13)11-16/h5-11,15H,3-4,12H2,1-2H3,(H,18,19). The maximum absolute atomic E-state index is 11.9. The summed E-state index contributed by atoms with van der Waals surface area (Å²) in [5, 5.41) is 5.52. The summed E-state index contributed by atoms with van der Waals surface area (Å²) in [4.78, 5) is 13.0. The lowest BCUT2D eigenvalue weighted by Gasteiger charge is -2.14. The Morgan fingerprint density at radius 2 is 1.80 bits per heavy atom. The van der Waals surface area contributed by atoms with E-state index in [4.69, 9.17) is 0 Å².